The van der Waals surface area contributed by atoms with Gasteiger partial charge in [-0.1, -0.05) is 12.8 Å². The Bertz CT molecular complexity index is 298. The largest absolute Gasteiger partial charge is 0.310 e. The molecule has 3 aliphatic rings. The fourth-order valence-electron chi connectivity index (χ4n) is 4.42. The van der Waals surface area contributed by atoms with Gasteiger partial charge in [0.15, 0.2) is 0 Å². The van der Waals surface area contributed by atoms with Crippen LogP contribution in [0, 0.1) is 5.92 Å². The Morgan fingerprint density at radius 1 is 1.00 bits per heavy atom. The number of rotatable bonds is 5. The van der Waals surface area contributed by atoms with Gasteiger partial charge in [0.05, 0.1) is 0 Å². The quantitative estimate of drug-likeness (QED) is 0.819. The van der Waals surface area contributed by atoms with Crippen molar-refractivity contribution < 1.29 is 0 Å². The van der Waals surface area contributed by atoms with Gasteiger partial charge in [-0.2, -0.15) is 0 Å². The van der Waals surface area contributed by atoms with Gasteiger partial charge in [-0.05, 0) is 39.3 Å². The normalized spacial score (nSPS) is 35.3. The van der Waals surface area contributed by atoms with Gasteiger partial charge in [0.1, 0.15) is 0 Å². The van der Waals surface area contributed by atoms with Crippen LogP contribution in [0.5, 0.6) is 0 Å². The van der Waals surface area contributed by atoms with Gasteiger partial charge in [0.25, 0.3) is 0 Å². The van der Waals surface area contributed by atoms with Gasteiger partial charge in [0.2, 0.25) is 0 Å². The second kappa shape index (κ2) is 7.40. The first-order valence-electron chi connectivity index (χ1n) is 9.06. The molecule has 4 nitrogen and oxygen atoms in total. The van der Waals surface area contributed by atoms with E-state index in [1.807, 2.05) is 0 Å². The van der Waals surface area contributed by atoms with Gasteiger partial charge in [0, 0.05) is 57.9 Å². The lowest BCUT2D eigenvalue weighted by Crippen LogP contribution is -2.51. The number of nitrogens with zero attached hydrogens (tertiary/aromatic N) is 3. The van der Waals surface area contributed by atoms with Crippen LogP contribution in [0.2, 0.25) is 0 Å². The van der Waals surface area contributed by atoms with E-state index in [1.165, 1.54) is 77.9 Å². The van der Waals surface area contributed by atoms with Gasteiger partial charge in [-0.25, -0.2) is 0 Å². The van der Waals surface area contributed by atoms with E-state index in [4.69, 9.17) is 0 Å². The van der Waals surface area contributed by atoms with Crippen molar-refractivity contribution in [2.75, 3.05) is 59.9 Å². The molecule has 0 aromatic heterocycles. The minimum atomic E-state index is 0.770. The highest BCUT2D eigenvalue weighted by molar-refractivity contribution is 4.94. The van der Waals surface area contributed by atoms with Crippen molar-refractivity contribution in [2.45, 2.75) is 44.2 Å². The summed E-state index contributed by atoms with van der Waals surface area (Å²) in [6.07, 6.45) is 7.27. The predicted octanol–water partition coefficient (Wildman–Crippen LogP) is 1.09. The Hall–Kier alpha value is -0.160. The highest BCUT2D eigenvalue weighted by Crippen LogP contribution is 2.33. The van der Waals surface area contributed by atoms with Crippen molar-refractivity contribution in [3.8, 4) is 0 Å². The van der Waals surface area contributed by atoms with Crippen molar-refractivity contribution in [1.29, 1.82) is 0 Å². The third kappa shape index (κ3) is 4.41. The highest BCUT2D eigenvalue weighted by Gasteiger charge is 2.35. The van der Waals surface area contributed by atoms with E-state index >= 15 is 0 Å². The molecule has 1 aliphatic carbocycles. The molecule has 0 bridgehead atoms. The van der Waals surface area contributed by atoms with Crippen LogP contribution in [0.15, 0.2) is 0 Å². The molecule has 3 rings (SSSR count). The summed E-state index contributed by atoms with van der Waals surface area (Å²) in [4.78, 5) is 7.61. The lowest BCUT2D eigenvalue weighted by molar-refractivity contribution is 0.118. The molecule has 0 spiro atoms. The molecule has 0 aromatic rings. The molecule has 0 radical (unpaired) electrons. The number of hydrogen-bond donors (Lipinski definition) is 1. The Balaban J connectivity index is 1.36. The second-order valence-electron chi connectivity index (χ2n) is 7.70. The van der Waals surface area contributed by atoms with Crippen LogP contribution in [0.4, 0.5) is 0 Å². The minimum Gasteiger partial charge on any atom is -0.310 e. The Morgan fingerprint density at radius 2 is 1.71 bits per heavy atom. The maximum absolute atomic E-state index is 3.93. The zero-order valence-electron chi connectivity index (χ0n) is 14.1. The molecule has 2 saturated heterocycles. The predicted molar refractivity (Wildman–Crippen MR) is 88.7 cm³/mol. The molecule has 21 heavy (non-hydrogen) atoms. The van der Waals surface area contributed by atoms with Crippen LogP contribution in [-0.2, 0) is 0 Å². The molecule has 2 heterocycles. The maximum Gasteiger partial charge on any atom is 0.0200 e. The summed E-state index contributed by atoms with van der Waals surface area (Å²) in [5.74, 6) is 0.991. The second-order valence-corrected chi connectivity index (χ2v) is 7.70. The van der Waals surface area contributed by atoms with Crippen molar-refractivity contribution in [3.63, 3.8) is 0 Å². The van der Waals surface area contributed by atoms with E-state index in [0.717, 1.165) is 18.0 Å². The first-order chi connectivity index (χ1) is 10.2. The number of fused-ring (bicyclic) bond motifs is 1. The standard InChI is InChI=1S/C17H34N4/c1-19(2)7-8-20-9-11-21(12-10-20)14-16-13-15-5-3-4-6-17(15)18-16/h15-18H,3-14H2,1-2H3. The molecule has 2 aliphatic heterocycles. The lowest BCUT2D eigenvalue weighted by atomic mass is 9.85. The summed E-state index contributed by atoms with van der Waals surface area (Å²) >= 11 is 0. The van der Waals surface area contributed by atoms with E-state index in [9.17, 15) is 0 Å². The van der Waals surface area contributed by atoms with E-state index < -0.39 is 0 Å². The number of likely N-dealkylation sites (N-methyl/N-ethyl adjacent to an activating group) is 1. The van der Waals surface area contributed by atoms with Crippen LogP contribution in [0.3, 0.4) is 0 Å². The van der Waals surface area contributed by atoms with Crippen molar-refractivity contribution >= 4 is 0 Å². The zero-order chi connectivity index (χ0) is 14.7. The fourth-order valence-corrected chi connectivity index (χ4v) is 4.42. The summed E-state index contributed by atoms with van der Waals surface area (Å²) in [6, 6.07) is 1.62. The molecule has 0 amide bonds. The minimum absolute atomic E-state index is 0.770. The molecule has 4 heteroatoms. The van der Waals surface area contributed by atoms with Crippen molar-refractivity contribution in [3.05, 3.63) is 0 Å². The summed E-state index contributed by atoms with van der Waals surface area (Å²) in [5.41, 5.74) is 0. The maximum atomic E-state index is 3.93. The van der Waals surface area contributed by atoms with Gasteiger partial charge in [-0.15, -0.1) is 0 Å². The van der Waals surface area contributed by atoms with Crippen molar-refractivity contribution in [1.82, 2.24) is 20.0 Å². The van der Waals surface area contributed by atoms with E-state index in [2.05, 4.69) is 34.1 Å². The number of piperazine rings is 1. The SMILES string of the molecule is CN(C)CCN1CCN(CC2CC3CCCCC3N2)CC1. The molecule has 1 N–H and O–H groups in total. The molecular weight excluding hydrogens is 260 g/mol. The van der Waals surface area contributed by atoms with Crippen LogP contribution in [0.25, 0.3) is 0 Å². The van der Waals surface area contributed by atoms with E-state index in [0.29, 0.717) is 0 Å². The average molecular weight is 294 g/mol. The first-order valence-corrected chi connectivity index (χ1v) is 9.06. The molecule has 3 atom stereocenters. The molecule has 0 aromatic carbocycles. The van der Waals surface area contributed by atoms with Crippen LogP contribution >= 0.6 is 0 Å². The van der Waals surface area contributed by atoms with Crippen molar-refractivity contribution in [2.24, 2.45) is 5.92 Å². The first kappa shape index (κ1) is 15.7. The molecular formula is C17H34N4. The van der Waals surface area contributed by atoms with Gasteiger partial charge < -0.3 is 10.2 Å². The average Bonchev–Trinajstić information content (AvgIpc) is 2.88. The summed E-state index contributed by atoms with van der Waals surface area (Å²) in [7, 11) is 4.34. The third-order valence-corrected chi connectivity index (χ3v) is 5.75. The Morgan fingerprint density at radius 3 is 2.43 bits per heavy atom. The van der Waals surface area contributed by atoms with Crippen LogP contribution in [-0.4, -0.2) is 86.7 Å². The number of nitrogens with one attached hydrogen (secondary N) is 1. The third-order valence-electron chi connectivity index (χ3n) is 5.75. The fraction of sp³-hybridized carbons (Fsp3) is 1.00. The summed E-state index contributed by atoms with van der Waals surface area (Å²) in [6.45, 7) is 8.75. The Kier molecular flexibility index (Phi) is 5.54. The molecule has 3 unspecified atom stereocenters. The van der Waals surface area contributed by atoms with E-state index in [1.54, 1.807) is 0 Å². The monoisotopic (exact) mass is 294 g/mol. The topological polar surface area (TPSA) is 21.8 Å². The zero-order valence-corrected chi connectivity index (χ0v) is 14.1. The molecule has 1 saturated carbocycles. The summed E-state index contributed by atoms with van der Waals surface area (Å²) < 4.78 is 0. The van der Waals surface area contributed by atoms with Gasteiger partial charge in [-0.3, -0.25) is 9.80 Å². The smallest absolute Gasteiger partial charge is 0.0200 e. The van der Waals surface area contributed by atoms with Crippen LogP contribution in [0.1, 0.15) is 32.1 Å². The molecule has 122 valence electrons. The Labute approximate surface area is 130 Å². The van der Waals surface area contributed by atoms with Crippen LogP contribution < -0.4 is 5.32 Å². The highest BCUT2D eigenvalue weighted by atomic mass is 15.3. The molecule has 3 fully saturated rings. The van der Waals surface area contributed by atoms with E-state index in [-0.39, 0.29) is 0 Å². The van der Waals surface area contributed by atoms with Gasteiger partial charge >= 0.3 is 0 Å². The lowest BCUT2D eigenvalue weighted by Gasteiger charge is -2.36. The summed E-state index contributed by atoms with van der Waals surface area (Å²) in [5, 5.41) is 3.93. The number of hydrogen-bond acceptors (Lipinski definition) is 4.